The van der Waals surface area contributed by atoms with Crippen molar-refractivity contribution < 1.29 is 59.5 Å². The number of esters is 1. The van der Waals surface area contributed by atoms with E-state index < -0.39 is 101 Å². The summed E-state index contributed by atoms with van der Waals surface area (Å²) in [5.74, 6) is -1.87. The molecular formula is C38H60O12. The number of ether oxygens (including phenoxy) is 3. The van der Waals surface area contributed by atoms with Crippen LogP contribution in [-0.2, 0) is 23.8 Å². The summed E-state index contributed by atoms with van der Waals surface area (Å²) in [7, 11) is 0. The second-order valence-corrected chi connectivity index (χ2v) is 17.9. The van der Waals surface area contributed by atoms with Crippen LogP contribution in [0.25, 0.3) is 0 Å². The van der Waals surface area contributed by atoms with Gasteiger partial charge in [0, 0.05) is 18.3 Å². The fraction of sp³-hybridized carbons (Fsp3) is 0.842. The molecule has 0 bridgehead atoms. The third kappa shape index (κ3) is 6.04. The molecule has 1 heterocycles. The molecule has 0 aromatic carbocycles. The summed E-state index contributed by atoms with van der Waals surface area (Å²) in [5, 5.41) is 76.5. The maximum atomic E-state index is 13.7. The Morgan fingerprint density at radius 2 is 1.62 bits per heavy atom. The number of aliphatic hydroxyl groups excluding tert-OH is 6. The molecule has 0 radical (unpaired) electrons. The summed E-state index contributed by atoms with van der Waals surface area (Å²) in [5.41, 5.74) is -4.03. The van der Waals surface area contributed by atoms with Crippen LogP contribution >= 0.6 is 0 Å². The standard InChI is InChI=1S/C38H60O12/c1-19(40)50-33(2,3)13-12-26(42)38(9,47)30-22(41)17-37(8)25-11-10-20-21(35(25,6)14-15-36(30,37)7)16-23(31(46)34(20,4)5)48-32-29(45)28(44)27(43)24(18-39)49-32/h10,12-13,21-25,27-32,39,41,43-47H,11,14-18H2,1-9H3/b13-12+/t21-,22+,23-,24+,25+,27+,28-,29+,30-,31-,32+,35-,36+,37-,38-/m0/s1. The second-order valence-electron chi connectivity index (χ2n) is 17.9. The van der Waals surface area contributed by atoms with E-state index >= 15 is 0 Å². The highest BCUT2D eigenvalue weighted by Gasteiger charge is 2.72. The van der Waals surface area contributed by atoms with Crippen LogP contribution < -0.4 is 0 Å². The van der Waals surface area contributed by atoms with Crippen LogP contribution in [0.1, 0.15) is 94.4 Å². The lowest BCUT2D eigenvalue weighted by Crippen LogP contribution is -2.64. The van der Waals surface area contributed by atoms with E-state index in [-0.39, 0.29) is 17.3 Å². The predicted octanol–water partition coefficient (Wildman–Crippen LogP) is 1.94. The molecule has 284 valence electrons. The Morgan fingerprint density at radius 1 is 0.980 bits per heavy atom. The largest absolute Gasteiger partial charge is 0.456 e. The molecule has 4 aliphatic carbocycles. The highest BCUT2D eigenvalue weighted by Crippen LogP contribution is 2.75. The molecule has 0 spiro atoms. The van der Waals surface area contributed by atoms with Crippen LogP contribution in [0.2, 0.25) is 0 Å². The van der Waals surface area contributed by atoms with Gasteiger partial charge in [-0.2, -0.15) is 0 Å². The van der Waals surface area contributed by atoms with Crippen molar-refractivity contribution in [3.8, 4) is 0 Å². The minimum atomic E-state index is -1.90. The van der Waals surface area contributed by atoms with Gasteiger partial charge in [-0.05, 0) is 93.1 Å². The maximum absolute atomic E-state index is 13.7. The average molecular weight is 709 g/mol. The number of carbonyl (C=O) groups excluding carboxylic acids is 2. The minimum Gasteiger partial charge on any atom is -0.456 e. The first-order chi connectivity index (χ1) is 22.9. The number of carbonyl (C=O) groups is 2. The normalized spacial score (nSPS) is 47.0. The van der Waals surface area contributed by atoms with Gasteiger partial charge in [0.25, 0.3) is 0 Å². The molecule has 0 amide bonds. The molecule has 15 atom stereocenters. The Hall–Kier alpha value is -1.74. The Morgan fingerprint density at radius 3 is 2.22 bits per heavy atom. The van der Waals surface area contributed by atoms with Gasteiger partial charge in [0.15, 0.2) is 12.1 Å². The van der Waals surface area contributed by atoms with Crippen LogP contribution in [0.15, 0.2) is 23.8 Å². The van der Waals surface area contributed by atoms with Gasteiger partial charge < -0.3 is 50.0 Å². The Labute approximate surface area is 295 Å². The van der Waals surface area contributed by atoms with Crippen LogP contribution in [0.3, 0.4) is 0 Å². The molecule has 7 N–H and O–H groups in total. The van der Waals surface area contributed by atoms with Gasteiger partial charge in [-0.15, -0.1) is 0 Å². The second kappa shape index (κ2) is 13.0. The van der Waals surface area contributed by atoms with E-state index in [1.54, 1.807) is 13.8 Å². The van der Waals surface area contributed by atoms with Crippen molar-refractivity contribution in [2.45, 2.75) is 155 Å². The molecule has 12 heteroatoms. The number of hydrogen-bond acceptors (Lipinski definition) is 12. The average Bonchev–Trinajstić information content (AvgIpc) is 3.23. The van der Waals surface area contributed by atoms with E-state index in [9.17, 15) is 45.3 Å². The van der Waals surface area contributed by atoms with Gasteiger partial charge in [0.1, 0.15) is 35.6 Å². The zero-order valence-electron chi connectivity index (χ0n) is 31.0. The molecule has 5 rings (SSSR count). The van der Waals surface area contributed by atoms with E-state index in [0.717, 1.165) is 5.57 Å². The molecular weight excluding hydrogens is 648 g/mol. The molecule has 50 heavy (non-hydrogen) atoms. The summed E-state index contributed by atoms with van der Waals surface area (Å²) in [6, 6.07) is 0. The molecule has 1 saturated heterocycles. The first kappa shape index (κ1) is 39.5. The van der Waals surface area contributed by atoms with Crippen molar-refractivity contribution in [2.75, 3.05) is 6.61 Å². The number of allylic oxidation sites excluding steroid dienone is 1. The summed E-state index contributed by atoms with van der Waals surface area (Å²) in [4.78, 5) is 25.2. The Bertz CT molecular complexity index is 1390. The van der Waals surface area contributed by atoms with E-state index in [1.165, 1.54) is 26.0 Å². The highest BCUT2D eigenvalue weighted by atomic mass is 16.7. The van der Waals surface area contributed by atoms with Crippen LogP contribution in [-0.4, -0.2) is 114 Å². The van der Waals surface area contributed by atoms with E-state index in [2.05, 4.69) is 26.8 Å². The predicted molar refractivity (Wildman–Crippen MR) is 181 cm³/mol. The van der Waals surface area contributed by atoms with Crippen molar-refractivity contribution in [3.63, 3.8) is 0 Å². The quantitative estimate of drug-likeness (QED) is 0.110. The van der Waals surface area contributed by atoms with Gasteiger partial charge in [0.05, 0.1) is 24.9 Å². The number of rotatable bonds is 8. The topological polar surface area (TPSA) is 203 Å². The minimum absolute atomic E-state index is 0.0328. The van der Waals surface area contributed by atoms with E-state index in [4.69, 9.17) is 14.2 Å². The molecule has 4 fully saturated rings. The first-order valence-corrected chi connectivity index (χ1v) is 18.1. The third-order valence-corrected chi connectivity index (χ3v) is 14.1. The number of hydrogen-bond donors (Lipinski definition) is 7. The summed E-state index contributed by atoms with van der Waals surface area (Å²) in [6.45, 7) is 15.9. The lowest BCUT2D eigenvalue weighted by molar-refractivity contribution is -0.324. The Balaban J connectivity index is 1.44. The van der Waals surface area contributed by atoms with Crippen molar-refractivity contribution >= 4 is 11.8 Å². The number of ketones is 1. The molecule has 3 saturated carbocycles. The monoisotopic (exact) mass is 708 g/mol. The molecule has 0 aromatic rings. The van der Waals surface area contributed by atoms with Crippen molar-refractivity contribution in [1.82, 2.24) is 0 Å². The number of aliphatic hydroxyl groups is 7. The van der Waals surface area contributed by atoms with E-state index in [1.807, 2.05) is 13.8 Å². The smallest absolute Gasteiger partial charge is 0.303 e. The van der Waals surface area contributed by atoms with E-state index in [0.29, 0.717) is 32.1 Å². The summed E-state index contributed by atoms with van der Waals surface area (Å²) < 4.78 is 17.2. The van der Waals surface area contributed by atoms with Crippen molar-refractivity contribution in [3.05, 3.63) is 23.8 Å². The zero-order chi connectivity index (χ0) is 37.6. The summed E-state index contributed by atoms with van der Waals surface area (Å²) >= 11 is 0. The van der Waals surface area contributed by atoms with Crippen LogP contribution in [0.4, 0.5) is 0 Å². The molecule has 0 unspecified atom stereocenters. The zero-order valence-corrected chi connectivity index (χ0v) is 31.0. The molecule has 5 aliphatic rings. The van der Waals surface area contributed by atoms with Crippen molar-refractivity contribution in [1.29, 1.82) is 0 Å². The fourth-order valence-corrected chi connectivity index (χ4v) is 11.3. The maximum Gasteiger partial charge on any atom is 0.303 e. The van der Waals surface area contributed by atoms with Gasteiger partial charge in [-0.3, -0.25) is 9.59 Å². The van der Waals surface area contributed by atoms with Crippen LogP contribution in [0, 0.1) is 39.4 Å². The lowest BCUT2D eigenvalue weighted by Gasteiger charge is -2.66. The van der Waals surface area contributed by atoms with Gasteiger partial charge >= 0.3 is 5.97 Å². The van der Waals surface area contributed by atoms with Gasteiger partial charge in [-0.1, -0.05) is 46.3 Å². The van der Waals surface area contributed by atoms with Gasteiger partial charge in [0.2, 0.25) is 0 Å². The molecule has 1 aliphatic heterocycles. The third-order valence-electron chi connectivity index (χ3n) is 14.1. The molecule has 0 aromatic heterocycles. The van der Waals surface area contributed by atoms with Crippen molar-refractivity contribution in [2.24, 2.45) is 39.4 Å². The first-order valence-electron chi connectivity index (χ1n) is 18.1. The molecule has 12 nitrogen and oxygen atoms in total. The SMILES string of the molecule is CC(=O)OC(C)(C)/C=C/C(=O)[C@](C)(O)[C@H]1[C@H](O)C[C@@]2(C)[C@@H]3CC=C4[C@H](C[C@H](O[C@@H]5O[C@H](CO)[C@@H](O)[C@H](O)[C@H]5O)[C@H](O)C4(C)C)[C@]3(C)CC[C@]12C. The van der Waals surface area contributed by atoms with Gasteiger partial charge in [-0.25, -0.2) is 0 Å². The number of fused-ring (bicyclic) bond motifs is 5. The fourth-order valence-electron chi connectivity index (χ4n) is 11.3. The Kier molecular flexibility index (Phi) is 10.2. The summed E-state index contributed by atoms with van der Waals surface area (Å²) in [6.07, 6.45) is -2.30. The lowest BCUT2D eigenvalue weighted by atomic mass is 9.38. The highest BCUT2D eigenvalue weighted by molar-refractivity contribution is 5.97. The van der Waals surface area contributed by atoms with Crippen LogP contribution in [0.5, 0.6) is 0 Å².